The predicted molar refractivity (Wildman–Crippen MR) is 128 cm³/mol. The maximum atomic E-state index is 11.0. The third-order valence-corrected chi connectivity index (χ3v) is 5.80. The van der Waals surface area contributed by atoms with Gasteiger partial charge in [-0.15, -0.1) is 0 Å². The number of aliphatic carboxylic acids is 1. The average Bonchev–Trinajstić information content (AvgIpc) is 2.84. The van der Waals surface area contributed by atoms with Crippen LogP contribution in [0.1, 0.15) is 11.4 Å². The minimum Gasteiger partial charge on any atom is -0.497 e. The lowest BCUT2D eigenvalue weighted by Gasteiger charge is -2.36. The van der Waals surface area contributed by atoms with E-state index in [-0.39, 0.29) is 6.54 Å². The third-order valence-electron chi connectivity index (χ3n) is 5.80. The lowest BCUT2D eigenvalue weighted by molar-refractivity contribution is -0.138. The van der Waals surface area contributed by atoms with E-state index >= 15 is 0 Å². The van der Waals surface area contributed by atoms with Crippen molar-refractivity contribution in [3.8, 4) is 5.75 Å². The van der Waals surface area contributed by atoms with Gasteiger partial charge in [-0.3, -0.25) is 9.69 Å². The first kappa shape index (κ1) is 22.8. The first-order valence-electron chi connectivity index (χ1n) is 11.0. The molecule has 0 aliphatic carbocycles. The highest BCUT2D eigenvalue weighted by atomic mass is 16.5. The van der Waals surface area contributed by atoms with E-state index < -0.39 is 5.97 Å². The summed E-state index contributed by atoms with van der Waals surface area (Å²) in [4.78, 5) is 26.7. The lowest BCUT2D eigenvalue weighted by atomic mass is 10.2. The molecule has 4 rings (SSSR count). The number of benzene rings is 1. The highest BCUT2D eigenvalue weighted by Crippen LogP contribution is 2.31. The van der Waals surface area contributed by atoms with E-state index in [1.807, 2.05) is 41.3 Å². The number of nitrogen functional groups attached to an aromatic ring is 1. The van der Waals surface area contributed by atoms with Gasteiger partial charge < -0.3 is 30.1 Å². The topological polar surface area (TPSA) is 117 Å². The van der Waals surface area contributed by atoms with Gasteiger partial charge in [-0.1, -0.05) is 18.2 Å². The summed E-state index contributed by atoms with van der Waals surface area (Å²) in [5.74, 6) is 1.96. The molecule has 0 unspecified atom stereocenters. The number of hydrogen-bond donors (Lipinski definition) is 2. The molecule has 2 fully saturated rings. The monoisotopic (exact) mass is 454 g/mol. The van der Waals surface area contributed by atoms with Gasteiger partial charge in [-0.05, 0) is 23.8 Å². The fourth-order valence-corrected chi connectivity index (χ4v) is 3.99. The molecule has 0 bridgehead atoms. The molecule has 0 saturated carbocycles. The summed E-state index contributed by atoms with van der Waals surface area (Å²) in [6.45, 7) is 5.31. The van der Waals surface area contributed by atoms with Crippen molar-refractivity contribution in [2.75, 3.05) is 81.7 Å². The quantitative estimate of drug-likeness (QED) is 0.633. The van der Waals surface area contributed by atoms with Crippen molar-refractivity contribution in [3.63, 3.8) is 0 Å². The number of piperazine rings is 1. The Labute approximate surface area is 193 Å². The normalized spacial score (nSPS) is 17.5. The Kier molecular flexibility index (Phi) is 7.26. The van der Waals surface area contributed by atoms with Crippen LogP contribution in [0.15, 0.2) is 24.3 Å². The summed E-state index contributed by atoms with van der Waals surface area (Å²) in [5, 5.41) is 9.07. The Bertz CT molecular complexity index is 983. The number of carboxylic acid groups (broad SMARTS) is 1. The maximum Gasteiger partial charge on any atom is 0.317 e. The number of aromatic nitrogens is 2. The van der Waals surface area contributed by atoms with Crippen molar-refractivity contribution < 1.29 is 19.4 Å². The number of nitrogens with two attached hydrogens (primary N) is 1. The molecule has 2 aliphatic heterocycles. The molecule has 176 valence electrons. The number of ether oxygens (including phenoxy) is 2. The van der Waals surface area contributed by atoms with Gasteiger partial charge in [0.1, 0.15) is 11.4 Å². The van der Waals surface area contributed by atoms with Gasteiger partial charge in [0.25, 0.3) is 0 Å². The van der Waals surface area contributed by atoms with Crippen LogP contribution in [0.4, 0.5) is 17.3 Å². The molecule has 0 spiro atoms. The second-order valence-corrected chi connectivity index (χ2v) is 8.01. The van der Waals surface area contributed by atoms with Crippen LogP contribution in [0.3, 0.4) is 0 Å². The largest absolute Gasteiger partial charge is 0.497 e. The van der Waals surface area contributed by atoms with Gasteiger partial charge >= 0.3 is 5.97 Å². The van der Waals surface area contributed by atoms with E-state index in [0.717, 1.165) is 11.3 Å². The van der Waals surface area contributed by atoms with Crippen LogP contribution in [0.5, 0.6) is 5.75 Å². The average molecular weight is 455 g/mol. The van der Waals surface area contributed by atoms with Gasteiger partial charge in [0, 0.05) is 39.3 Å². The summed E-state index contributed by atoms with van der Waals surface area (Å²) in [5.41, 5.74) is 8.13. The van der Waals surface area contributed by atoms with Crippen molar-refractivity contribution in [2.24, 2.45) is 0 Å². The second kappa shape index (κ2) is 10.5. The first-order chi connectivity index (χ1) is 16.0. The number of anilines is 3. The molecule has 10 heteroatoms. The van der Waals surface area contributed by atoms with Crippen molar-refractivity contribution in [2.45, 2.75) is 0 Å². The summed E-state index contributed by atoms with van der Waals surface area (Å²) in [7, 11) is 1.64. The number of carboxylic acids is 1. The molecule has 0 radical (unpaired) electrons. The minimum atomic E-state index is -0.814. The highest BCUT2D eigenvalue weighted by molar-refractivity contribution is 5.79. The van der Waals surface area contributed by atoms with Crippen LogP contribution in [0, 0.1) is 0 Å². The number of rotatable bonds is 7. The van der Waals surface area contributed by atoms with E-state index in [1.54, 1.807) is 7.11 Å². The van der Waals surface area contributed by atoms with Crippen molar-refractivity contribution in [1.29, 1.82) is 0 Å². The molecule has 1 aromatic heterocycles. The molecular formula is C23H30N6O4. The van der Waals surface area contributed by atoms with Gasteiger partial charge in [-0.25, -0.2) is 9.97 Å². The van der Waals surface area contributed by atoms with Crippen LogP contribution >= 0.6 is 0 Å². The molecule has 2 saturated heterocycles. The van der Waals surface area contributed by atoms with Crippen molar-refractivity contribution >= 4 is 35.4 Å². The summed E-state index contributed by atoms with van der Waals surface area (Å²) in [6.07, 6.45) is 3.85. The van der Waals surface area contributed by atoms with E-state index in [0.29, 0.717) is 75.6 Å². The zero-order valence-corrected chi connectivity index (χ0v) is 18.8. The third kappa shape index (κ3) is 5.71. The Morgan fingerprint density at radius 1 is 1.03 bits per heavy atom. The second-order valence-electron chi connectivity index (χ2n) is 8.01. The number of nitrogens with zero attached hydrogens (tertiary/aromatic N) is 5. The van der Waals surface area contributed by atoms with E-state index in [9.17, 15) is 4.79 Å². The first-order valence-corrected chi connectivity index (χ1v) is 11.0. The standard InChI is InChI=1S/C23H30N6O4/c1-32-18-5-2-17(3-6-18)4-7-19-25-22(28-10-8-27(9-11-28)16-20(30)31)21(24)23(26-19)29-12-14-33-15-13-29/h2-7H,8-16,24H2,1H3,(H,30,31)/b7-4+. The van der Waals surface area contributed by atoms with E-state index in [4.69, 9.17) is 30.3 Å². The van der Waals surface area contributed by atoms with Crippen LogP contribution in [0.25, 0.3) is 12.2 Å². The molecule has 0 atom stereocenters. The minimum absolute atomic E-state index is 0.0436. The fourth-order valence-electron chi connectivity index (χ4n) is 3.99. The summed E-state index contributed by atoms with van der Waals surface area (Å²) in [6, 6.07) is 7.76. The molecular weight excluding hydrogens is 424 g/mol. The summed E-state index contributed by atoms with van der Waals surface area (Å²) >= 11 is 0. The Morgan fingerprint density at radius 3 is 2.21 bits per heavy atom. The Morgan fingerprint density at radius 2 is 1.64 bits per heavy atom. The maximum absolute atomic E-state index is 11.0. The molecule has 10 nitrogen and oxygen atoms in total. The van der Waals surface area contributed by atoms with Crippen LogP contribution in [-0.4, -0.2) is 92.1 Å². The lowest BCUT2D eigenvalue weighted by Crippen LogP contribution is -2.48. The van der Waals surface area contributed by atoms with E-state index in [2.05, 4.69) is 9.80 Å². The van der Waals surface area contributed by atoms with Crippen molar-refractivity contribution in [1.82, 2.24) is 14.9 Å². The zero-order chi connectivity index (χ0) is 23.2. The van der Waals surface area contributed by atoms with E-state index in [1.165, 1.54) is 0 Å². The molecule has 3 N–H and O–H groups in total. The zero-order valence-electron chi connectivity index (χ0n) is 18.8. The molecule has 1 aromatic carbocycles. The fraction of sp³-hybridized carbons (Fsp3) is 0.435. The number of methoxy groups -OCH3 is 1. The van der Waals surface area contributed by atoms with Gasteiger partial charge in [0.05, 0.1) is 26.9 Å². The molecule has 2 aliphatic rings. The van der Waals surface area contributed by atoms with Gasteiger partial charge in [0.15, 0.2) is 17.5 Å². The van der Waals surface area contributed by atoms with Crippen LogP contribution < -0.4 is 20.3 Å². The van der Waals surface area contributed by atoms with Crippen molar-refractivity contribution in [3.05, 3.63) is 35.7 Å². The van der Waals surface area contributed by atoms with Gasteiger partial charge in [-0.2, -0.15) is 0 Å². The van der Waals surface area contributed by atoms with Crippen LogP contribution in [0.2, 0.25) is 0 Å². The predicted octanol–water partition coefficient (Wildman–Crippen LogP) is 1.28. The molecule has 0 amide bonds. The SMILES string of the molecule is COc1ccc(/C=C/c2nc(N3CCOCC3)c(N)c(N3CCN(CC(=O)O)CC3)n2)cc1. The van der Waals surface area contributed by atoms with Crippen LogP contribution in [-0.2, 0) is 9.53 Å². The van der Waals surface area contributed by atoms with Gasteiger partial charge in [0.2, 0.25) is 0 Å². The Balaban J connectivity index is 1.60. The number of morpholine rings is 1. The Hall–Kier alpha value is -3.37. The highest BCUT2D eigenvalue weighted by Gasteiger charge is 2.25. The summed E-state index contributed by atoms with van der Waals surface area (Å²) < 4.78 is 10.7. The smallest absolute Gasteiger partial charge is 0.317 e. The molecule has 3 heterocycles. The molecule has 2 aromatic rings. The number of hydrogen-bond acceptors (Lipinski definition) is 9. The number of carbonyl (C=O) groups is 1. The molecule has 33 heavy (non-hydrogen) atoms.